The third-order valence-corrected chi connectivity index (χ3v) is 4.07. The first-order chi connectivity index (χ1) is 12.5. The van der Waals surface area contributed by atoms with Crippen LogP contribution in [0.3, 0.4) is 0 Å². The quantitative estimate of drug-likeness (QED) is 0.379. The molecule has 1 saturated carbocycles. The van der Waals surface area contributed by atoms with Gasteiger partial charge in [-0.1, -0.05) is 19.0 Å². The van der Waals surface area contributed by atoms with Crippen LogP contribution in [0, 0.1) is 12.8 Å². The van der Waals surface area contributed by atoms with Crippen LogP contribution >= 0.6 is 0 Å². The van der Waals surface area contributed by atoms with Crippen LogP contribution < -0.4 is 16.2 Å². The number of aromatic nitrogens is 3. The van der Waals surface area contributed by atoms with Crippen LogP contribution in [0.2, 0.25) is 0 Å². The molecule has 0 bridgehead atoms. The Bertz CT molecular complexity index is 765. The van der Waals surface area contributed by atoms with Gasteiger partial charge in [0.15, 0.2) is 11.6 Å². The van der Waals surface area contributed by atoms with Crippen LogP contribution in [-0.2, 0) is 6.54 Å². The second-order valence-electron chi connectivity index (χ2n) is 7.06. The average molecular weight is 357 g/mol. The Balaban J connectivity index is 1.58. The summed E-state index contributed by atoms with van der Waals surface area (Å²) in [7, 11) is 0. The Kier molecular flexibility index (Phi) is 5.82. The fraction of sp³-hybridized carbons (Fsp3) is 0.556. The Morgan fingerprint density at radius 2 is 2.12 bits per heavy atom. The molecule has 8 nitrogen and oxygen atoms in total. The second kappa shape index (κ2) is 8.27. The molecule has 2 aromatic heterocycles. The summed E-state index contributed by atoms with van der Waals surface area (Å²) in [5.41, 5.74) is 8.09. The maximum Gasteiger partial charge on any atom is 0.225 e. The molecule has 140 valence electrons. The average Bonchev–Trinajstić information content (AvgIpc) is 3.27. The molecule has 1 aliphatic carbocycles. The third kappa shape index (κ3) is 5.52. The molecule has 3 rings (SSSR count). The first-order valence-electron chi connectivity index (χ1n) is 9.09. The van der Waals surface area contributed by atoms with Gasteiger partial charge < -0.3 is 15.3 Å². The van der Waals surface area contributed by atoms with E-state index in [2.05, 4.69) is 50.1 Å². The fourth-order valence-electron chi connectivity index (χ4n) is 2.38. The van der Waals surface area contributed by atoms with E-state index < -0.39 is 0 Å². The Labute approximate surface area is 153 Å². The summed E-state index contributed by atoms with van der Waals surface area (Å²) < 4.78 is 5.33. The molecule has 0 unspecified atom stereocenters. The van der Waals surface area contributed by atoms with Gasteiger partial charge in [-0.2, -0.15) is 4.98 Å². The molecule has 0 aromatic carbocycles. The highest BCUT2D eigenvalue weighted by atomic mass is 16.5. The summed E-state index contributed by atoms with van der Waals surface area (Å²) in [4.78, 5) is 13.3. The lowest BCUT2D eigenvalue weighted by Gasteiger charge is -2.08. The fourth-order valence-corrected chi connectivity index (χ4v) is 2.38. The molecule has 0 aliphatic heterocycles. The number of amidine groups is 1. The molecule has 3 N–H and O–H groups in total. The van der Waals surface area contributed by atoms with Gasteiger partial charge in [-0.3, -0.25) is 0 Å². The van der Waals surface area contributed by atoms with Crippen LogP contribution in [0.4, 0.5) is 11.8 Å². The van der Waals surface area contributed by atoms with Gasteiger partial charge in [-0.05, 0) is 38.5 Å². The smallest absolute Gasteiger partial charge is 0.225 e. The predicted octanol–water partition coefficient (Wildman–Crippen LogP) is 3.06. The van der Waals surface area contributed by atoms with E-state index in [1.807, 2.05) is 26.0 Å². The molecule has 0 radical (unpaired) electrons. The normalized spacial score (nSPS) is 14.7. The van der Waals surface area contributed by atoms with Crippen molar-refractivity contribution in [1.29, 1.82) is 0 Å². The van der Waals surface area contributed by atoms with Gasteiger partial charge in [0.25, 0.3) is 0 Å². The van der Waals surface area contributed by atoms with Crippen LogP contribution in [0.25, 0.3) is 0 Å². The zero-order valence-electron chi connectivity index (χ0n) is 15.8. The number of rotatable bonds is 8. The van der Waals surface area contributed by atoms with Crippen molar-refractivity contribution >= 4 is 17.6 Å². The number of anilines is 1. The molecule has 1 fully saturated rings. The monoisotopic (exact) mass is 357 g/mol. The number of hydrazine groups is 1. The van der Waals surface area contributed by atoms with Crippen LogP contribution in [0.5, 0.6) is 0 Å². The van der Waals surface area contributed by atoms with Crippen molar-refractivity contribution < 1.29 is 4.52 Å². The zero-order chi connectivity index (χ0) is 18.5. The van der Waals surface area contributed by atoms with Crippen molar-refractivity contribution in [2.45, 2.75) is 53.0 Å². The van der Waals surface area contributed by atoms with Crippen LogP contribution in [0.15, 0.2) is 21.6 Å². The van der Waals surface area contributed by atoms with E-state index >= 15 is 0 Å². The van der Waals surface area contributed by atoms with Crippen molar-refractivity contribution in [3.63, 3.8) is 0 Å². The van der Waals surface area contributed by atoms with Crippen LogP contribution in [0.1, 0.15) is 56.7 Å². The lowest BCUT2D eigenvalue weighted by atomic mass is 10.1. The number of hydrogen-bond acceptors (Lipinski definition) is 7. The summed E-state index contributed by atoms with van der Waals surface area (Å²) in [6.45, 7) is 9.44. The first kappa shape index (κ1) is 18.3. The topological polar surface area (TPSA) is 100 Å². The molecule has 0 saturated heterocycles. The van der Waals surface area contributed by atoms with Crippen molar-refractivity contribution in [1.82, 2.24) is 26.0 Å². The lowest BCUT2D eigenvalue weighted by molar-refractivity contribution is 0.379. The number of aliphatic imine (C=N–C) groups is 1. The second-order valence-corrected chi connectivity index (χ2v) is 7.06. The minimum absolute atomic E-state index is 0.340. The SMILES string of the molecule is CC(=Nc1cc(C)nc(NCc2cc(C(C)C)no2)n1)NNCC1CC1. The van der Waals surface area contributed by atoms with Crippen molar-refractivity contribution in [2.24, 2.45) is 10.9 Å². The van der Waals surface area contributed by atoms with Crippen molar-refractivity contribution in [3.05, 3.63) is 29.3 Å². The van der Waals surface area contributed by atoms with E-state index in [1.54, 1.807) is 0 Å². The molecule has 26 heavy (non-hydrogen) atoms. The molecule has 0 atom stereocenters. The summed E-state index contributed by atoms with van der Waals surface area (Å²) in [5, 5.41) is 7.23. The minimum Gasteiger partial charge on any atom is -0.359 e. The molecular weight excluding hydrogens is 330 g/mol. The zero-order valence-corrected chi connectivity index (χ0v) is 15.8. The van der Waals surface area contributed by atoms with Gasteiger partial charge in [0.05, 0.1) is 12.2 Å². The van der Waals surface area contributed by atoms with E-state index in [9.17, 15) is 0 Å². The molecule has 0 amide bonds. The van der Waals surface area contributed by atoms with E-state index in [0.717, 1.165) is 35.4 Å². The number of aryl methyl sites for hydroxylation is 1. The van der Waals surface area contributed by atoms with Crippen molar-refractivity contribution in [3.8, 4) is 0 Å². The molecular formula is C18H27N7O. The van der Waals surface area contributed by atoms with Gasteiger partial charge in [0.2, 0.25) is 5.95 Å². The predicted molar refractivity (Wildman–Crippen MR) is 101 cm³/mol. The van der Waals surface area contributed by atoms with E-state index in [-0.39, 0.29) is 0 Å². The van der Waals surface area contributed by atoms with Gasteiger partial charge in [-0.15, -0.1) is 0 Å². The summed E-state index contributed by atoms with van der Waals surface area (Å²) in [5.74, 6) is 3.80. The van der Waals surface area contributed by atoms with Crippen LogP contribution in [-0.4, -0.2) is 27.5 Å². The number of nitrogens with zero attached hydrogens (tertiary/aromatic N) is 4. The molecule has 8 heteroatoms. The lowest BCUT2D eigenvalue weighted by Crippen LogP contribution is -2.37. The van der Waals surface area contributed by atoms with E-state index in [4.69, 9.17) is 4.52 Å². The third-order valence-electron chi connectivity index (χ3n) is 4.07. The molecule has 1 aliphatic rings. The summed E-state index contributed by atoms with van der Waals surface area (Å²) in [6, 6.07) is 3.80. The Hall–Kier alpha value is -2.48. The highest BCUT2D eigenvalue weighted by Gasteiger charge is 2.20. The minimum atomic E-state index is 0.340. The molecule has 2 heterocycles. The van der Waals surface area contributed by atoms with Gasteiger partial charge >= 0.3 is 0 Å². The summed E-state index contributed by atoms with van der Waals surface area (Å²) >= 11 is 0. The van der Waals surface area contributed by atoms with Crippen molar-refractivity contribution in [2.75, 3.05) is 11.9 Å². The Morgan fingerprint density at radius 1 is 1.31 bits per heavy atom. The van der Waals surface area contributed by atoms with Gasteiger partial charge in [0.1, 0.15) is 5.84 Å². The highest BCUT2D eigenvalue weighted by molar-refractivity contribution is 5.81. The maximum atomic E-state index is 5.33. The maximum absolute atomic E-state index is 5.33. The Morgan fingerprint density at radius 3 is 2.81 bits per heavy atom. The summed E-state index contributed by atoms with van der Waals surface area (Å²) in [6.07, 6.45) is 2.63. The van der Waals surface area contributed by atoms with E-state index in [1.165, 1.54) is 12.8 Å². The van der Waals surface area contributed by atoms with E-state index in [0.29, 0.717) is 24.2 Å². The van der Waals surface area contributed by atoms with Gasteiger partial charge in [-0.25, -0.2) is 15.4 Å². The standard InChI is InChI=1S/C18H27N7O/c1-11(2)16-8-15(26-25-16)10-19-18-21-12(3)7-17(23-18)22-13(4)24-20-9-14-5-6-14/h7-8,11,14,20H,5-6,9-10H2,1-4H3,(H2,19,21,22,23,24). The first-order valence-corrected chi connectivity index (χ1v) is 9.09. The largest absolute Gasteiger partial charge is 0.359 e. The van der Waals surface area contributed by atoms with Gasteiger partial charge in [0, 0.05) is 24.4 Å². The molecule has 0 spiro atoms. The number of nitrogens with one attached hydrogen (secondary N) is 3. The highest BCUT2D eigenvalue weighted by Crippen LogP contribution is 2.27. The number of hydrogen-bond donors (Lipinski definition) is 3. The molecule has 2 aromatic rings.